The molecule has 4 heteroatoms. The van der Waals surface area contributed by atoms with Gasteiger partial charge in [0.1, 0.15) is 6.26 Å². The lowest BCUT2D eigenvalue weighted by molar-refractivity contribution is 0.0761. The molecule has 0 unspecified atom stereocenters. The molecule has 1 fully saturated rings. The summed E-state index contributed by atoms with van der Waals surface area (Å²) in [5.41, 5.74) is 1.86. The van der Waals surface area contributed by atoms with Crippen LogP contribution in [0.15, 0.2) is 59.4 Å². The Balaban J connectivity index is 1.50. The molecule has 1 aromatic carbocycles. The van der Waals surface area contributed by atoms with Crippen LogP contribution in [-0.4, -0.2) is 48.4 Å². The Labute approximate surface area is 137 Å². The topological polar surface area (TPSA) is 36.7 Å². The van der Waals surface area contributed by atoms with Crippen molar-refractivity contribution in [1.82, 2.24) is 9.80 Å². The van der Waals surface area contributed by atoms with Gasteiger partial charge < -0.3 is 9.32 Å². The summed E-state index contributed by atoms with van der Waals surface area (Å²) in [7, 11) is 0. The zero-order valence-corrected chi connectivity index (χ0v) is 13.2. The summed E-state index contributed by atoms with van der Waals surface area (Å²) in [6.45, 7) is 4.42. The van der Waals surface area contributed by atoms with Crippen molar-refractivity contribution >= 4 is 12.0 Å². The van der Waals surface area contributed by atoms with Gasteiger partial charge in [0, 0.05) is 32.7 Å². The molecule has 0 N–H and O–H groups in total. The molecule has 2 heterocycles. The van der Waals surface area contributed by atoms with Gasteiger partial charge in [0.05, 0.1) is 11.8 Å². The van der Waals surface area contributed by atoms with Crippen LogP contribution in [0.5, 0.6) is 0 Å². The summed E-state index contributed by atoms with van der Waals surface area (Å²) in [6.07, 6.45) is 8.42. The molecule has 0 atom stereocenters. The molecule has 0 aliphatic carbocycles. The van der Waals surface area contributed by atoms with E-state index in [0.29, 0.717) is 5.56 Å². The second kappa shape index (κ2) is 7.79. The van der Waals surface area contributed by atoms with Crippen molar-refractivity contribution in [2.45, 2.75) is 6.42 Å². The van der Waals surface area contributed by atoms with Gasteiger partial charge in [-0.05, 0) is 18.1 Å². The highest BCUT2D eigenvalue weighted by molar-refractivity contribution is 5.93. The number of carbonyl (C=O) groups is 1. The minimum absolute atomic E-state index is 0.0698. The lowest BCUT2D eigenvalue weighted by atomic mass is 10.2. The van der Waals surface area contributed by atoms with Crippen molar-refractivity contribution in [3.05, 3.63) is 66.1 Å². The third kappa shape index (κ3) is 4.33. The summed E-state index contributed by atoms with van der Waals surface area (Å²) < 4.78 is 5.01. The monoisotopic (exact) mass is 310 g/mol. The van der Waals surface area contributed by atoms with E-state index < -0.39 is 0 Å². The number of carbonyl (C=O) groups excluding carboxylic acids is 1. The molecule has 3 rings (SSSR count). The van der Waals surface area contributed by atoms with Crippen molar-refractivity contribution in [2.24, 2.45) is 0 Å². The molecular formula is C19H22N2O2. The van der Waals surface area contributed by atoms with E-state index >= 15 is 0 Å². The SMILES string of the molecule is O=C(c1ccoc1)N1CCCN(CC=Cc2ccccc2)CC1. The standard InChI is InChI=1S/C19H22N2O2/c22-19(18-9-15-23-16-18)21-12-5-11-20(13-14-21)10-4-8-17-6-2-1-3-7-17/h1-4,6-9,15-16H,5,10-14H2. The normalized spacial score (nSPS) is 16.6. The van der Waals surface area contributed by atoms with Crippen LogP contribution in [0.1, 0.15) is 22.3 Å². The first-order valence-corrected chi connectivity index (χ1v) is 8.08. The first-order chi connectivity index (χ1) is 11.3. The van der Waals surface area contributed by atoms with Crippen LogP contribution in [0.2, 0.25) is 0 Å². The van der Waals surface area contributed by atoms with Crippen LogP contribution < -0.4 is 0 Å². The highest BCUT2D eigenvalue weighted by atomic mass is 16.3. The molecule has 4 nitrogen and oxygen atoms in total. The Morgan fingerprint density at radius 1 is 1.09 bits per heavy atom. The minimum atomic E-state index is 0.0698. The molecule has 0 spiro atoms. The van der Waals surface area contributed by atoms with E-state index in [0.717, 1.165) is 39.1 Å². The van der Waals surface area contributed by atoms with E-state index in [1.54, 1.807) is 12.3 Å². The predicted molar refractivity (Wildman–Crippen MR) is 91.1 cm³/mol. The van der Waals surface area contributed by atoms with Gasteiger partial charge in [-0.15, -0.1) is 0 Å². The molecule has 120 valence electrons. The zero-order valence-electron chi connectivity index (χ0n) is 13.2. The van der Waals surface area contributed by atoms with Crippen LogP contribution in [0.3, 0.4) is 0 Å². The van der Waals surface area contributed by atoms with Gasteiger partial charge in [0.15, 0.2) is 0 Å². The van der Waals surface area contributed by atoms with Crippen molar-refractivity contribution in [3.63, 3.8) is 0 Å². The predicted octanol–water partition coefficient (Wildman–Crippen LogP) is 3.14. The molecule has 23 heavy (non-hydrogen) atoms. The maximum Gasteiger partial charge on any atom is 0.257 e. The van der Waals surface area contributed by atoms with Crippen LogP contribution in [0, 0.1) is 0 Å². The Bertz CT molecular complexity index is 635. The van der Waals surface area contributed by atoms with Gasteiger partial charge in [0.2, 0.25) is 0 Å². The summed E-state index contributed by atoms with van der Waals surface area (Å²) in [5, 5.41) is 0. The molecule has 1 aromatic heterocycles. The third-order valence-electron chi connectivity index (χ3n) is 4.12. The smallest absolute Gasteiger partial charge is 0.257 e. The van der Waals surface area contributed by atoms with Gasteiger partial charge in [-0.25, -0.2) is 0 Å². The van der Waals surface area contributed by atoms with E-state index in [2.05, 4.69) is 29.2 Å². The van der Waals surface area contributed by atoms with Crippen LogP contribution in [0.25, 0.3) is 6.08 Å². The Kier molecular flexibility index (Phi) is 5.27. The fourth-order valence-corrected chi connectivity index (χ4v) is 2.83. The quantitative estimate of drug-likeness (QED) is 0.870. The molecule has 0 radical (unpaired) electrons. The van der Waals surface area contributed by atoms with Crippen LogP contribution >= 0.6 is 0 Å². The number of furan rings is 1. The maximum atomic E-state index is 12.4. The third-order valence-corrected chi connectivity index (χ3v) is 4.12. The van der Waals surface area contributed by atoms with Crippen LogP contribution in [0.4, 0.5) is 0 Å². The van der Waals surface area contributed by atoms with Crippen LogP contribution in [-0.2, 0) is 0 Å². The number of benzene rings is 1. The number of hydrogen-bond acceptors (Lipinski definition) is 3. The van der Waals surface area contributed by atoms with Gasteiger partial charge in [-0.3, -0.25) is 9.69 Å². The number of nitrogens with zero attached hydrogens (tertiary/aromatic N) is 2. The first-order valence-electron chi connectivity index (χ1n) is 8.08. The maximum absolute atomic E-state index is 12.4. The molecule has 0 saturated carbocycles. The Morgan fingerprint density at radius 2 is 1.96 bits per heavy atom. The fourth-order valence-electron chi connectivity index (χ4n) is 2.83. The summed E-state index contributed by atoms with van der Waals surface area (Å²) in [4.78, 5) is 16.7. The van der Waals surface area contributed by atoms with Crippen molar-refractivity contribution in [2.75, 3.05) is 32.7 Å². The average molecular weight is 310 g/mol. The van der Waals surface area contributed by atoms with E-state index in [4.69, 9.17) is 4.42 Å². The highest BCUT2D eigenvalue weighted by Gasteiger charge is 2.20. The van der Waals surface area contributed by atoms with Gasteiger partial charge in [-0.2, -0.15) is 0 Å². The molecule has 0 bridgehead atoms. The second-order valence-corrected chi connectivity index (χ2v) is 5.77. The Morgan fingerprint density at radius 3 is 2.74 bits per heavy atom. The lowest BCUT2D eigenvalue weighted by Gasteiger charge is -2.20. The van der Waals surface area contributed by atoms with E-state index in [-0.39, 0.29) is 5.91 Å². The molecule has 1 amide bonds. The zero-order chi connectivity index (χ0) is 15.9. The van der Waals surface area contributed by atoms with Crippen molar-refractivity contribution in [3.8, 4) is 0 Å². The largest absolute Gasteiger partial charge is 0.472 e. The summed E-state index contributed by atoms with van der Waals surface area (Å²) >= 11 is 0. The van der Waals surface area contributed by atoms with Crippen molar-refractivity contribution in [1.29, 1.82) is 0 Å². The number of hydrogen-bond donors (Lipinski definition) is 0. The minimum Gasteiger partial charge on any atom is -0.472 e. The fraction of sp³-hybridized carbons (Fsp3) is 0.316. The average Bonchev–Trinajstić information content (AvgIpc) is 3.02. The summed E-state index contributed by atoms with van der Waals surface area (Å²) in [5.74, 6) is 0.0698. The van der Waals surface area contributed by atoms with Crippen molar-refractivity contribution < 1.29 is 9.21 Å². The number of amides is 1. The van der Waals surface area contributed by atoms with Gasteiger partial charge in [-0.1, -0.05) is 42.5 Å². The molecule has 1 saturated heterocycles. The lowest BCUT2D eigenvalue weighted by Crippen LogP contribution is -2.35. The van der Waals surface area contributed by atoms with Gasteiger partial charge >= 0.3 is 0 Å². The van der Waals surface area contributed by atoms with E-state index in [1.807, 2.05) is 23.1 Å². The number of rotatable bonds is 4. The van der Waals surface area contributed by atoms with E-state index in [1.165, 1.54) is 11.8 Å². The summed E-state index contributed by atoms with van der Waals surface area (Å²) in [6, 6.07) is 12.1. The Hall–Kier alpha value is -2.33. The molecule has 1 aliphatic rings. The van der Waals surface area contributed by atoms with Gasteiger partial charge in [0.25, 0.3) is 5.91 Å². The first kappa shape index (κ1) is 15.6. The highest BCUT2D eigenvalue weighted by Crippen LogP contribution is 2.10. The molecule has 2 aromatic rings. The second-order valence-electron chi connectivity index (χ2n) is 5.77. The molecular weight excluding hydrogens is 288 g/mol. The molecule has 1 aliphatic heterocycles. The van der Waals surface area contributed by atoms with E-state index in [9.17, 15) is 4.79 Å².